The summed E-state index contributed by atoms with van der Waals surface area (Å²) >= 11 is 0. The number of nitrogens with zero attached hydrogens (tertiary/aromatic N) is 2. The normalized spacial score (nSPS) is 18.5. The second kappa shape index (κ2) is 10.1. The maximum atomic E-state index is 13.5. The topological polar surface area (TPSA) is 66.9 Å². The summed E-state index contributed by atoms with van der Waals surface area (Å²) in [7, 11) is -3.69. The lowest BCUT2D eigenvalue weighted by Crippen LogP contribution is -2.44. The maximum Gasteiger partial charge on any atom is 0.277 e. The number of unbranched alkanes of at least 4 members (excludes halogenated alkanes) is 3. The average Bonchev–Trinajstić information content (AvgIpc) is 3.27. The highest BCUT2D eigenvalue weighted by Crippen LogP contribution is 2.38. The SMILES string of the molecule is CCCCCCC1ON(C(=O)c2ccccc2)CC2=C1N(S(=O)(=O)c1ccc(C)cc1)CC2. The molecule has 1 unspecified atom stereocenters. The summed E-state index contributed by atoms with van der Waals surface area (Å²) in [6.45, 7) is 4.76. The number of hydrogen-bond acceptors (Lipinski definition) is 4. The highest BCUT2D eigenvalue weighted by atomic mass is 32.2. The second-order valence-electron chi connectivity index (χ2n) is 8.78. The van der Waals surface area contributed by atoms with Gasteiger partial charge in [0.25, 0.3) is 15.9 Å². The molecule has 0 saturated heterocycles. The molecule has 2 aliphatic heterocycles. The van der Waals surface area contributed by atoms with Crippen LogP contribution in [0.5, 0.6) is 0 Å². The molecule has 2 aromatic rings. The van der Waals surface area contributed by atoms with Crippen LogP contribution in [0.1, 0.15) is 61.4 Å². The van der Waals surface area contributed by atoms with E-state index >= 15 is 0 Å². The van der Waals surface area contributed by atoms with Crippen LogP contribution in [0.25, 0.3) is 0 Å². The molecule has 33 heavy (non-hydrogen) atoms. The van der Waals surface area contributed by atoms with Crippen LogP contribution in [0.2, 0.25) is 0 Å². The Morgan fingerprint density at radius 2 is 1.76 bits per heavy atom. The standard InChI is InChI=1S/C26H32N2O4S/c1-3-4-5-9-12-24-25-22(19-27(32-24)26(29)21-10-7-6-8-11-21)17-18-28(25)33(30,31)23-15-13-20(2)14-16-23/h6-8,10-11,13-16,24H,3-5,9,12,17-19H2,1-2H3. The van der Waals surface area contributed by atoms with Gasteiger partial charge in [-0.3, -0.25) is 13.9 Å². The van der Waals surface area contributed by atoms with E-state index < -0.39 is 16.1 Å². The van der Waals surface area contributed by atoms with Gasteiger partial charge in [-0.25, -0.2) is 13.5 Å². The van der Waals surface area contributed by atoms with Crippen molar-refractivity contribution in [3.05, 3.63) is 77.0 Å². The van der Waals surface area contributed by atoms with Gasteiger partial charge in [0, 0.05) is 12.1 Å². The Kier molecular flexibility index (Phi) is 7.20. The van der Waals surface area contributed by atoms with Crippen LogP contribution in [0.4, 0.5) is 0 Å². The summed E-state index contributed by atoms with van der Waals surface area (Å²) in [6.07, 6.45) is 5.03. The summed E-state index contributed by atoms with van der Waals surface area (Å²) in [5.74, 6) is -0.194. The van der Waals surface area contributed by atoms with Crippen molar-refractivity contribution in [1.82, 2.24) is 9.37 Å². The molecule has 1 amide bonds. The summed E-state index contributed by atoms with van der Waals surface area (Å²) in [5.41, 5.74) is 3.28. The molecule has 2 heterocycles. The van der Waals surface area contributed by atoms with E-state index in [9.17, 15) is 13.2 Å². The number of amides is 1. The molecule has 0 spiro atoms. The van der Waals surface area contributed by atoms with Crippen molar-refractivity contribution in [2.75, 3.05) is 13.1 Å². The van der Waals surface area contributed by atoms with E-state index in [0.717, 1.165) is 42.5 Å². The monoisotopic (exact) mass is 468 g/mol. The third-order valence-electron chi connectivity index (χ3n) is 6.32. The van der Waals surface area contributed by atoms with Crippen molar-refractivity contribution in [2.45, 2.75) is 63.4 Å². The Balaban J connectivity index is 1.63. The largest absolute Gasteiger partial charge is 0.277 e. The lowest BCUT2D eigenvalue weighted by molar-refractivity contribution is -0.161. The van der Waals surface area contributed by atoms with Gasteiger partial charge in [0.05, 0.1) is 17.1 Å². The number of carbonyl (C=O) groups is 1. The Morgan fingerprint density at radius 3 is 2.45 bits per heavy atom. The van der Waals surface area contributed by atoms with Crippen LogP contribution < -0.4 is 0 Å². The van der Waals surface area contributed by atoms with Gasteiger partial charge >= 0.3 is 0 Å². The molecule has 0 radical (unpaired) electrons. The third-order valence-corrected chi connectivity index (χ3v) is 8.15. The van der Waals surface area contributed by atoms with E-state index in [1.54, 1.807) is 24.3 Å². The lowest BCUT2D eigenvalue weighted by atomic mass is 10.0. The van der Waals surface area contributed by atoms with Crippen LogP contribution in [-0.4, -0.2) is 42.9 Å². The van der Waals surface area contributed by atoms with E-state index in [2.05, 4.69) is 6.92 Å². The highest BCUT2D eigenvalue weighted by molar-refractivity contribution is 7.89. The Morgan fingerprint density at radius 1 is 1.03 bits per heavy atom. The first-order chi connectivity index (χ1) is 15.9. The molecule has 1 atom stereocenters. The first kappa shape index (κ1) is 23.5. The molecular formula is C26H32N2O4S. The zero-order chi connectivity index (χ0) is 23.4. The van der Waals surface area contributed by atoms with E-state index in [0.29, 0.717) is 24.9 Å². The number of sulfonamides is 1. The molecule has 0 saturated carbocycles. The van der Waals surface area contributed by atoms with E-state index in [1.165, 1.54) is 9.37 Å². The molecule has 0 aromatic heterocycles. The molecule has 0 N–H and O–H groups in total. The number of aryl methyl sites for hydroxylation is 1. The average molecular weight is 469 g/mol. The molecule has 0 bridgehead atoms. The van der Waals surface area contributed by atoms with Crippen LogP contribution in [0.3, 0.4) is 0 Å². The van der Waals surface area contributed by atoms with Gasteiger partial charge in [0.15, 0.2) is 0 Å². The van der Waals surface area contributed by atoms with Crippen molar-refractivity contribution in [3.8, 4) is 0 Å². The minimum absolute atomic E-state index is 0.194. The van der Waals surface area contributed by atoms with Crippen LogP contribution in [0, 0.1) is 6.92 Å². The van der Waals surface area contributed by atoms with Crippen molar-refractivity contribution < 1.29 is 18.0 Å². The van der Waals surface area contributed by atoms with E-state index in [1.807, 2.05) is 37.3 Å². The minimum atomic E-state index is -3.69. The number of benzene rings is 2. The molecule has 0 fully saturated rings. The predicted molar refractivity (Wildman–Crippen MR) is 128 cm³/mol. The summed E-state index contributed by atoms with van der Waals surface area (Å²) in [6, 6.07) is 16.0. The minimum Gasteiger partial charge on any atom is -0.267 e. The van der Waals surface area contributed by atoms with Crippen molar-refractivity contribution in [3.63, 3.8) is 0 Å². The number of hydroxylamine groups is 2. The first-order valence-electron chi connectivity index (χ1n) is 11.8. The van der Waals surface area contributed by atoms with Gasteiger partial charge in [-0.2, -0.15) is 0 Å². The fourth-order valence-electron chi connectivity index (χ4n) is 4.50. The van der Waals surface area contributed by atoms with Gasteiger partial charge < -0.3 is 0 Å². The fraction of sp³-hybridized carbons (Fsp3) is 0.423. The molecule has 2 aliphatic rings. The molecular weight excluding hydrogens is 436 g/mol. The highest BCUT2D eigenvalue weighted by Gasteiger charge is 2.42. The number of rotatable bonds is 8. The molecule has 4 rings (SSSR count). The second-order valence-corrected chi connectivity index (χ2v) is 10.6. The van der Waals surface area contributed by atoms with Gasteiger partial charge in [-0.1, -0.05) is 68.5 Å². The summed E-state index contributed by atoms with van der Waals surface area (Å²) in [5, 5.41) is 1.42. The van der Waals surface area contributed by atoms with Crippen LogP contribution >= 0.6 is 0 Å². The molecule has 0 aliphatic carbocycles. The Hall–Kier alpha value is -2.64. The lowest BCUT2D eigenvalue weighted by Gasteiger charge is -2.36. The van der Waals surface area contributed by atoms with Gasteiger partial charge in [-0.05, 0) is 49.6 Å². The quantitative estimate of drug-likeness (QED) is 0.507. The van der Waals surface area contributed by atoms with Crippen LogP contribution in [-0.2, 0) is 14.9 Å². The van der Waals surface area contributed by atoms with Crippen molar-refractivity contribution in [2.24, 2.45) is 0 Å². The van der Waals surface area contributed by atoms with Gasteiger partial charge in [-0.15, -0.1) is 0 Å². The van der Waals surface area contributed by atoms with Crippen LogP contribution in [0.15, 0.2) is 70.8 Å². The molecule has 7 heteroatoms. The molecule has 176 valence electrons. The smallest absolute Gasteiger partial charge is 0.267 e. The summed E-state index contributed by atoms with van der Waals surface area (Å²) in [4.78, 5) is 19.6. The molecule has 2 aromatic carbocycles. The summed E-state index contributed by atoms with van der Waals surface area (Å²) < 4.78 is 28.5. The zero-order valence-corrected chi connectivity index (χ0v) is 20.2. The maximum absolute atomic E-state index is 13.5. The fourth-order valence-corrected chi connectivity index (χ4v) is 6.07. The van der Waals surface area contributed by atoms with Crippen molar-refractivity contribution >= 4 is 15.9 Å². The Bertz CT molecular complexity index is 1110. The third kappa shape index (κ3) is 4.99. The number of hydrogen-bond donors (Lipinski definition) is 0. The Labute approximate surface area is 196 Å². The van der Waals surface area contributed by atoms with E-state index in [-0.39, 0.29) is 17.3 Å². The van der Waals surface area contributed by atoms with Gasteiger partial charge in [0.1, 0.15) is 6.10 Å². The van der Waals surface area contributed by atoms with Gasteiger partial charge in [0.2, 0.25) is 0 Å². The van der Waals surface area contributed by atoms with E-state index in [4.69, 9.17) is 4.84 Å². The van der Waals surface area contributed by atoms with Crippen molar-refractivity contribution in [1.29, 1.82) is 0 Å². The zero-order valence-electron chi connectivity index (χ0n) is 19.4. The number of carbonyl (C=O) groups excluding carboxylic acids is 1. The predicted octanol–water partition coefficient (Wildman–Crippen LogP) is 5.07. The molecule has 6 nitrogen and oxygen atoms in total. The first-order valence-corrected chi connectivity index (χ1v) is 13.2.